The molecule has 178 valence electrons. The third kappa shape index (κ3) is 7.71. The molecule has 2 rings (SSSR count). The van der Waals surface area contributed by atoms with E-state index in [0.29, 0.717) is 26.2 Å². The number of likely N-dealkylation sites (N-methyl/N-ethyl adjacent to an activating group) is 1. The second-order valence-electron chi connectivity index (χ2n) is 9.83. The van der Waals surface area contributed by atoms with E-state index in [1.807, 2.05) is 56.0 Å². The SMILES string of the molecule is CN(NC(=O)OC(C)(C)C)C(=O)C(c1ccccc1)N1CCN(C(=O)OC(C)(C)C)CC1. The molecule has 1 fully saturated rings. The molecule has 1 atom stereocenters. The monoisotopic (exact) mass is 448 g/mol. The zero-order chi connectivity index (χ0) is 24.1. The number of piperazine rings is 1. The molecule has 1 heterocycles. The van der Waals surface area contributed by atoms with E-state index in [-0.39, 0.29) is 12.0 Å². The Labute approximate surface area is 190 Å². The second kappa shape index (κ2) is 10.2. The summed E-state index contributed by atoms with van der Waals surface area (Å²) < 4.78 is 10.7. The van der Waals surface area contributed by atoms with Crippen LogP contribution >= 0.6 is 0 Å². The Morgan fingerprint density at radius 2 is 1.44 bits per heavy atom. The summed E-state index contributed by atoms with van der Waals surface area (Å²) in [5.74, 6) is -0.298. The molecule has 0 bridgehead atoms. The minimum Gasteiger partial charge on any atom is -0.444 e. The number of nitrogens with one attached hydrogen (secondary N) is 1. The van der Waals surface area contributed by atoms with Crippen molar-refractivity contribution in [1.82, 2.24) is 20.2 Å². The summed E-state index contributed by atoms with van der Waals surface area (Å²) in [7, 11) is 1.50. The smallest absolute Gasteiger partial charge is 0.426 e. The van der Waals surface area contributed by atoms with Crippen LogP contribution in [-0.2, 0) is 14.3 Å². The van der Waals surface area contributed by atoms with Crippen LogP contribution in [0.2, 0.25) is 0 Å². The summed E-state index contributed by atoms with van der Waals surface area (Å²) in [4.78, 5) is 41.5. The Bertz CT molecular complexity index is 793. The van der Waals surface area contributed by atoms with Gasteiger partial charge in [-0.05, 0) is 47.1 Å². The Morgan fingerprint density at radius 3 is 1.94 bits per heavy atom. The van der Waals surface area contributed by atoms with E-state index in [4.69, 9.17) is 9.47 Å². The van der Waals surface area contributed by atoms with Crippen molar-refractivity contribution in [2.24, 2.45) is 0 Å². The average molecular weight is 449 g/mol. The maximum Gasteiger partial charge on any atom is 0.426 e. The summed E-state index contributed by atoms with van der Waals surface area (Å²) in [6.07, 6.45) is -1.06. The number of nitrogens with zero attached hydrogens (tertiary/aromatic N) is 3. The lowest BCUT2D eigenvalue weighted by atomic mass is 10.0. The Hall–Kier alpha value is -2.81. The summed E-state index contributed by atoms with van der Waals surface area (Å²) >= 11 is 0. The van der Waals surface area contributed by atoms with E-state index in [2.05, 4.69) is 5.43 Å². The van der Waals surface area contributed by atoms with Gasteiger partial charge in [-0.2, -0.15) is 0 Å². The molecule has 0 aromatic heterocycles. The highest BCUT2D eigenvalue weighted by Gasteiger charge is 2.35. The summed E-state index contributed by atoms with van der Waals surface area (Å²) in [5.41, 5.74) is 2.06. The van der Waals surface area contributed by atoms with Crippen molar-refractivity contribution in [2.75, 3.05) is 33.2 Å². The van der Waals surface area contributed by atoms with E-state index < -0.39 is 23.3 Å². The van der Waals surface area contributed by atoms with Gasteiger partial charge in [0.25, 0.3) is 5.91 Å². The molecule has 1 aromatic carbocycles. The molecule has 1 aliphatic rings. The predicted molar refractivity (Wildman–Crippen MR) is 121 cm³/mol. The lowest BCUT2D eigenvalue weighted by molar-refractivity contribution is -0.139. The van der Waals surface area contributed by atoms with Gasteiger partial charge in [-0.25, -0.2) is 15.0 Å². The zero-order valence-electron chi connectivity index (χ0n) is 20.2. The quantitative estimate of drug-likeness (QED) is 0.714. The highest BCUT2D eigenvalue weighted by atomic mass is 16.6. The van der Waals surface area contributed by atoms with Crippen molar-refractivity contribution in [3.63, 3.8) is 0 Å². The number of amides is 3. The number of carbonyl (C=O) groups excluding carboxylic acids is 3. The topological polar surface area (TPSA) is 91.4 Å². The van der Waals surface area contributed by atoms with Crippen LogP contribution in [0.4, 0.5) is 9.59 Å². The molecule has 0 spiro atoms. The van der Waals surface area contributed by atoms with Crippen LogP contribution in [-0.4, -0.2) is 77.3 Å². The fourth-order valence-corrected chi connectivity index (χ4v) is 3.31. The highest BCUT2D eigenvalue weighted by Crippen LogP contribution is 2.24. The summed E-state index contributed by atoms with van der Waals surface area (Å²) in [6, 6.07) is 8.77. The molecule has 1 saturated heterocycles. The fraction of sp³-hybridized carbons (Fsp3) is 0.609. The molecule has 1 N–H and O–H groups in total. The van der Waals surface area contributed by atoms with Gasteiger partial charge in [0.05, 0.1) is 0 Å². The first-order chi connectivity index (χ1) is 14.8. The molecule has 9 nitrogen and oxygen atoms in total. The molecule has 1 unspecified atom stereocenters. The van der Waals surface area contributed by atoms with Gasteiger partial charge in [0.1, 0.15) is 17.2 Å². The second-order valence-corrected chi connectivity index (χ2v) is 9.83. The van der Waals surface area contributed by atoms with E-state index in [0.717, 1.165) is 10.6 Å². The molecular formula is C23H36N4O5. The standard InChI is InChI=1S/C23H36N4O5/c1-22(2,3)31-20(29)24-25(7)19(28)18(17-11-9-8-10-12-17)26-13-15-27(16-14-26)21(30)32-23(4,5)6/h8-12,18H,13-16H2,1-7H3,(H,24,29). The first-order valence-corrected chi connectivity index (χ1v) is 10.8. The van der Waals surface area contributed by atoms with Crippen molar-refractivity contribution in [2.45, 2.75) is 58.8 Å². The van der Waals surface area contributed by atoms with Gasteiger partial charge < -0.3 is 14.4 Å². The first-order valence-electron chi connectivity index (χ1n) is 10.8. The number of hydrogen-bond donors (Lipinski definition) is 1. The third-order valence-corrected chi connectivity index (χ3v) is 4.67. The molecule has 3 amide bonds. The lowest BCUT2D eigenvalue weighted by Gasteiger charge is -2.40. The molecule has 9 heteroatoms. The van der Waals surface area contributed by atoms with Gasteiger partial charge in [-0.3, -0.25) is 14.7 Å². The number of ether oxygens (including phenoxy) is 2. The lowest BCUT2D eigenvalue weighted by Crippen LogP contribution is -2.55. The van der Waals surface area contributed by atoms with Crippen molar-refractivity contribution in [3.8, 4) is 0 Å². The minimum atomic E-state index is -0.699. The van der Waals surface area contributed by atoms with Gasteiger partial charge in [0, 0.05) is 33.2 Å². The van der Waals surface area contributed by atoms with Crippen LogP contribution in [0.25, 0.3) is 0 Å². The van der Waals surface area contributed by atoms with Gasteiger partial charge in [0.15, 0.2) is 0 Å². The molecule has 1 aliphatic heterocycles. The van der Waals surface area contributed by atoms with Crippen LogP contribution in [0.1, 0.15) is 53.1 Å². The molecule has 32 heavy (non-hydrogen) atoms. The molecule has 0 aliphatic carbocycles. The van der Waals surface area contributed by atoms with Crippen molar-refractivity contribution in [1.29, 1.82) is 0 Å². The molecular weight excluding hydrogens is 412 g/mol. The normalized spacial score (nSPS) is 16.2. The average Bonchev–Trinajstić information content (AvgIpc) is 2.66. The Balaban J connectivity index is 2.11. The summed E-state index contributed by atoms with van der Waals surface area (Å²) in [6.45, 7) is 12.6. The minimum absolute atomic E-state index is 0.298. The van der Waals surface area contributed by atoms with Crippen molar-refractivity contribution < 1.29 is 23.9 Å². The van der Waals surface area contributed by atoms with E-state index in [1.54, 1.807) is 25.7 Å². The Kier molecular flexibility index (Phi) is 8.12. The van der Waals surface area contributed by atoms with Gasteiger partial charge >= 0.3 is 12.2 Å². The predicted octanol–water partition coefficient (Wildman–Crippen LogP) is 3.18. The molecule has 0 saturated carbocycles. The van der Waals surface area contributed by atoms with Crippen LogP contribution in [0.5, 0.6) is 0 Å². The maximum absolute atomic E-state index is 13.4. The van der Waals surface area contributed by atoms with E-state index >= 15 is 0 Å². The fourth-order valence-electron chi connectivity index (χ4n) is 3.31. The number of rotatable bonds is 3. The largest absolute Gasteiger partial charge is 0.444 e. The van der Waals surface area contributed by atoms with Crippen LogP contribution in [0, 0.1) is 0 Å². The number of hydrogen-bond acceptors (Lipinski definition) is 6. The van der Waals surface area contributed by atoms with Crippen LogP contribution < -0.4 is 5.43 Å². The van der Waals surface area contributed by atoms with Crippen molar-refractivity contribution in [3.05, 3.63) is 35.9 Å². The van der Waals surface area contributed by atoms with Gasteiger partial charge in [-0.1, -0.05) is 30.3 Å². The van der Waals surface area contributed by atoms with Gasteiger partial charge in [0.2, 0.25) is 0 Å². The number of benzene rings is 1. The number of carbonyl (C=O) groups is 3. The van der Waals surface area contributed by atoms with Gasteiger partial charge in [-0.15, -0.1) is 0 Å². The molecule has 1 aromatic rings. The van der Waals surface area contributed by atoms with Crippen LogP contribution in [0.3, 0.4) is 0 Å². The zero-order valence-corrected chi connectivity index (χ0v) is 20.2. The number of hydrazine groups is 1. The van der Waals surface area contributed by atoms with E-state index in [9.17, 15) is 14.4 Å². The highest BCUT2D eigenvalue weighted by molar-refractivity contribution is 5.85. The first kappa shape index (κ1) is 25.5. The van der Waals surface area contributed by atoms with E-state index in [1.165, 1.54) is 7.05 Å². The summed E-state index contributed by atoms with van der Waals surface area (Å²) in [5, 5.41) is 1.16. The Morgan fingerprint density at radius 1 is 0.906 bits per heavy atom. The van der Waals surface area contributed by atoms with Crippen LogP contribution in [0.15, 0.2) is 30.3 Å². The molecule has 0 radical (unpaired) electrons. The third-order valence-electron chi connectivity index (χ3n) is 4.67. The van der Waals surface area contributed by atoms with Crippen molar-refractivity contribution >= 4 is 18.1 Å². The maximum atomic E-state index is 13.4.